The minimum atomic E-state index is -0.123. The van der Waals surface area contributed by atoms with Crippen LogP contribution < -0.4 is 5.32 Å². The van der Waals surface area contributed by atoms with Gasteiger partial charge >= 0.3 is 0 Å². The highest BCUT2D eigenvalue weighted by atomic mass is 79.9. The normalized spacial score (nSPS) is 10.8. The SMILES string of the molecule is Cc1cccc(C)c1NC(=O)CSc1nnc(-c2cc(Br)ccc2O)n1-c1ccccc1. The topological polar surface area (TPSA) is 80.0 Å². The van der Waals surface area contributed by atoms with Crippen LogP contribution >= 0.6 is 27.7 Å². The van der Waals surface area contributed by atoms with Crippen molar-refractivity contribution in [3.05, 3.63) is 82.3 Å². The molecule has 0 aliphatic rings. The highest BCUT2D eigenvalue weighted by Crippen LogP contribution is 2.34. The molecule has 0 aliphatic carbocycles. The second kappa shape index (κ2) is 9.58. The summed E-state index contributed by atoms with van der Waals surface area (Å²) in [5, 5.41) is 22.6. The maximum Gasteiger partial charge on any atom is 0.234 e. The number of halogens is 1. The molecule has 1 amide bonds. The van der Waals surface area contributed by atoms with Crippen molar-refractivity contribution in [2.24, 2.45) is 0 Å². The summed E-state index contributed by atoms with van der Waals surface area (Å²) in [6.45, 7) is 3.94. The second-order valence-electron chi connectivity index (χ2n) is 7.24. The van der Waals surface area contributed by atoms with Gasteiger partial charge in [0.1, 0.15) is 5.75 Å². The Kier molecular flexibility index (Phi) is 6.62. The lowest BCUT2D eigenvalue weighted by molar-refractivity contribution is -0.113. The Balaban J connectivity index is 1.64. The highest BCUT2D eigenvalue weighted by Gasteiger charge is 2.20. The molecule has 32 heavy (non-hydrogen) atoms. The Hall–Kier alpha value is -3.10. The summed E-state index contributed by atoms with van der Waals surface area (Å²) in [6, 6.07) is 20.7. The molecule has 0 spiro atoms. The quantitative estimate of drug-likeness (QED) is 0.324. The molecular weight excluding hydrogens is 488 g/mol. The van der Waals surface area contributed by atoms with Crippen molar-refractivity contribution in [1.29, 1.82) is 0 Å². The molecule has 8 heteroatoms. The van der Waals surface area contributed by atoms with Gasteiger partial charge in [-0.05, 0) is 55.3 Å². The number of hydrogen-bond donors (Lipinski definition) is 2. The average Bonchev–Trinajstić information content (AvgIpc) is 3.21. The van der Waals surface area contributed by atoms with Crippen LogP contribution in [0.25, 0.3) is 17.1 Å². The fraction of sp³-hybridized carbons (Fsp3) is 0.125. The van der Waals surface area contributed by atoms with E-state index < -0.39 is 0 Å². The van der Waals surface area contributed by atoms with E-state index in [0.29, 0.717) is 16.5 Å². The van der Waals surface area contributed by atoms with E-state index in [0.717, 1.165) is 27.0 Å². The average molecular weight is 509 g/mol. The lowest BCUT2D eigenvalue weighted by Gasteiger charge is -2.13. The van der Waals surface area contributed by atoms with Gasteiger partial charge in [0.15, 0.2) is 11.0 Å². The molecule has 0 aliphatic heterocycles. The molecule has 3 aromatic carbocycles. The molecule has 162 valence electrons. The van der Waals surface area contributed by atoms with Crippen LogP contribution in [0, 0.1) is 13.8 Å². The number of nitrogens with zero attached hydrogens (tertiary/aromatic N) is 3. The molecule has 6 nitrogen and oxygen atoms in total. The number of benzene rings is 3. The van der Waals surface area contributed by atoms with Crippen molar-refractivity contribution in [1.82, 2.24) is 14.8 Å². The monoisotopic (exact) mass is 508 g/mol. The van der Waals surface area contributed by atoms with Gasteiger partial charge in [0.25, 0.3) is 0 Å². The van der Waals surface area contributed by atoms with Crippen molar-refractivity contribution in [3.63, 3.8) is 0 Å². The van der Waals surface area contributed by atoms with Gasteiger partial charge in [-0.25, -0.2) is 0 Å². The van der Waals surface area contributed by atoms with Crippen LogP contribution in [0.5, 0.6) is 5.75 Å². The Morgan fingerprint density at radius 3 is 2.47 bits per heavy atom. The third-order valence-electron chi connectivity index (χ3n) is 4.93. The number of aromatic hydroxyl groups is 1. The molecular formula is C24H21BrN4O2S. The number of phenolic OH excluding ortho intramolecular Hbond substituents is 1. The van der Waals surface area contributed by atoms with Crippen LogP contribution in [0.1, 0.15) is 11.1 Å². The third kappa shape index (κ3) is 4.71. The van der Waals surface area contributed by atoms with E-state index in [1.165, 1.54) is 11.8 Å². The van der Waals surface area contributed by atoms with E-state index in [1.54, 1.807) is 18.2 Å². The van der Waals surface area contributed by atoms with Crippen molar-refractivity contribution in [2.45, 2.75) is 19.0 Å². The van der Waals surface area contributed by atoms with E-state index in [-0.39, 0.29) is 17.4 Å². The number of nitrogens with one attached hydrogen (secondary N) is 1. The van der Waals surface area contributed by atoms with Crippen molar-refractivity contribution < 1.29 is 9.90 Å². The Morgan fingerprint density at radius 1 is 1.03 bits per heavy atom. The number of aromatic nitrogens is 3. The Labute approximate surface area is 198 Å². The summed E-state index contributed by atoms with van der Waals surface area (Å²) in [4.78, 5) is 12.7. The first kappa shape index (κ1) is 22.1. The van der Waals surface area contributed by atoms with Crippen LogP contribution in [0.4, 0.5) is 5.69 Å². The molecule has 0 unspecified atom stereocenters. The number of rotatable bonds is 6. The van der Waals surface area contributed by atoms with Crippen molar-refractivity contribution >= 4 is 39.3 Å². The summed E-state index contributed by atoms with van der Waals surface area (Å²) < 4.78 is 2.66. The molecule has 0 fully saturated rings. The van der Waals surface area contributed by atoms with Gasteiger partial charge in [-0.3, -0.25) is 9.36 Å². The predicted molar refractivity (Wildman–Crippen MR) is 131 cm³/mol. The number of amides is 1. The number of aryl methyl sites for hydroxylation is 2. The zero-order valence-corrected chi connectivity index (χ0v) is 19.9. The Morgan fingerprint density at radius 2 is 1.75 bits per heavy atom. The lowest BCUT2D eigenvalue weighted by Crippen LogP contribution is -2.16. The van der Waals surface area contributed by atoms with E-state index in [9.17, 15) is 9.90 Å². The van der Waals surface area contributed by atoms with Crippen LogP contribution in [-0.4, -0.2) is 31.5 Å². The number of thioether (sulfide) groups is 1. The third-order valence-corrected chi connectivity index (χ3v) is 6.35. The second-order valence-corrected chi connectivity index (χ2v) is 9.10. The first-order valence-electron chi connectivity index (χ1n) is 9.92. The molecule has 4 rings (SSSR count). The summed E-state index contributed by atoms with van der Waals surface area (Å²) in [5.74, 6) is 0.639. The molecule has 0 radical (unpaired) electrons. The van der Waals surface area contributed by atoms with E-state index >= 15 is 0 Å². The standard InChI is InChI=1S/C24H21BrN4O2S/c1-15-7-6-8-16(2)22(15)26-21(31)14-32-24-28-27-23(19-13-17(25)11-12-20(19)30)29(24)18-9-4-3-5-10-18/h3-13,30H,14H2,1-2H3,(H,26,31). The molecule has 1 heterocycles. The molecule has 0 saturated carbocycles. The first-order valence-corrected chi connectivity index (χ1v) is 11.7. The maximum atomic E-state index is 12.7. The summed E-state index contributed by atoms with van der Waals surface area (Å²) in [5.41, 5.74) is 4.25. The van der Waals surface area contributed by atoms with E-state index in [1.807, 2.05) is 66.9 Å². The fourth-order valence-electron chi connectivity index (χ4n) is 3.35. The lowest BCUT2D eigenvalue weighted by atomic mass is 10.1. The predicted octanol–water partition coefficient (Wildman–Crippen LogP) is 5.75. The number of phenols is 1. The minimum Gasteiger partial charge on any atom is -0.507 e. The first-order chi connectivity index (χ1) is 15.4. The van der Waals surface area contributed by atoms with Gasteiger partial charge in [-0.1, -0.05) is 64.1 Å². The fourth-order valence-corrected chi connectivity index (χ4v) is 4.47. The van der Waals surface area contributed by atoms with Crippen molar-refractivity contribution in [2.75, 3.05) is 11.1 Å². The van der Waals surface area contributed by atoms with E-state index in [2.05, 4.69) is 31.4 Å². The van der Waals surface area contributed by atoms with Crippen molar-refractivity contribution in [3.8, 4) is 22.8 Å². The number of anilines is 1. The van der Waals surface area contributed by atoms with Gasteiger partial charge in [0.2, 0.25) is 5.91 Å². The minimum absolute atomic E-state index is 0.0992. The van der Waals surface area contributed by atoms with Crippen LogP contribution in [-0.2, 0) is 4.79 Å². The van der Waals surface area contributed by atoms with E-state index in [4.69, 9.17) is 0 Å². The molecule has 1 aromatic heterocycles. The maximum absolute atomic E-state index is 12.7. The van der Waals surface area contributed by atoms with Gasteiger partial charge in [0, 0.05) is 15.8 Å². The van der Waals surface area contributed by atoms with Gasteiger partial charge in [0.05, 0.1) is 11.3 Å². The smallest absolute Gasteiger partial charge is 0.234 e. The molecule has 0 saturated heterocycles. The van der Waals surface area contributed by atoms with Crippen LogP contribution in [0.15, 0.2) is 76.4 Å². The zero-order chi connectivity index (χ0) is 22.7. The number of carbonyl (C=O) groups excluding carboxylic acids is 1. The Bertz CT molecular complexity index is 1250. The zero-order valence-electron chi connectivity index (χ0n) is 17.5. The highest BCUT2D eigenvalue weighted by molar-refractivity contribution is 9.10. The number of para-hydroxylation sites is 2. The summed E-state index contributed by atoms with van der Waals surface area (Å²) in [6.07, 6.45) is 0. The van der Waals surface area contributed by atoms with Gasteiger partial charge in [-0.2, -0.15) is 0 Å². The number of hydrogen-bond acceptors (Lipinski definition) is 5. The molecule has 0 bridgehead atoms. The van der Waals surface area contributed by atoms with Gasteiger partial charge in [-0.15, -0.1) is 10.2 Å². The number of carbonyl (C=O) groups is 1. The summed E-state index contributed by atoms with van der Waals surface area (Å²) >= 11 is 4.74. The van der Waals surface area contributed by atoms with Crippen LogP contribution in [0.2, 0.25) is 0 Å². The largest absolute Gasteiger partial charge is 0.507 e. The molecule has 4 aromatic rings. The molecule has 2 N–H and O–H groups in total. The van der Waals surface area contributed by atoms with Crippen LogP contribution in [0.3, 0.4) is 0 Å². The van der Waals surface area contributed by atoms with Gasteiger partial charge < -0.3 is 10.4 Å². The summed E-state index contributed by atoms with van der Waals surface area (Å²) in [7, 11) is 0. The molecule has 0 atom stereocenters.